The third-order valence-electron chi connectivity index (χ3n) is 2.82. The van der Waals surface area contributed by atoms with Crippen molar-refractivity contribution in [2.24, 2.45) is 0 Å². The van der Waals surface area contributed by atoms with Gasteiger partial charge in [-0.1, -0.05) is 11.8 Å². The molecule has 0 atom stereocenters. The monoisotopic (exact) mass is 295 g/mol. The zero-order valence-electron chi connectivity index (χ0n) is 11.1. The average Bonchev–Trinajstić information content (AvgIpc) is 2.83. The highest BCUT2D eigenvalue weighted by atomic mass is 32.2. The Balaban J connectivity index is 2.09. The molecule has 0 bridgehead atoms. The van der Waals surface area contributed by atoms with Crippen LogP contribution in [0.15, 0.2) is 12.1 Å². The lowest BCUT2D eigenvalue weighted by molar-refractivity contribution is 0.0753. The Labute approximate surface area is 122 Å². The summed E-state index contributed by atoms with van der Waals surface area (Å²) in [5.41, 5.74) is 0. The predicted molar refractivity (Wildman–Crippen MR) is 80.7 cm³/mol. The molecule has 1 fully saturated rings. The number of amides is 1. The predicted octanol–water partition coefficient (Wildman–Crippen LogP) is 2.06. The zero-order chi connectivity index (χ0) is 13.9. The van der Waals surface area contributed by atoms with Crippen LogP contribution in [0.4, 0.5) is 0 Å². The van der Waals surface area contributed by atoms with Crippen LogP contribution in [0, 0.1) is 11.8 Å². The van der Waals surface area contributed by atoms with E-state index in [9.17, 15) is 4.79 Å². The average molecular weight is 295 g/mol. The van der Waals surface area contributed by atoms with Gasteiger partial charge in [0.15, 0.2) is 0 Å². The van der Waals surface area contributed by atoms with E-state index < -0.39 is 0 Å². The number of rotatable bonds is 1. The highest BCUT2D eigenvalue weighted by molar-refractivity contribution is 8.00. The molecule has 1 N–H and O–H groups in total. The summed E-state index contributed by atoms with van der Waals surface area (Å²) in [7, 11) is 0. The number of thiophene rings is 1. The van der Waals surface area contributed by atoms with Gasteiger partial charge in [-0.2, -0.15) is 11.8 Å². The number of hydrogen-bond donors (Lipinski definition) is 1. The van der Waals surface area contributed by atoms with Crippen LogP contribution in [0.5, 0.6) is 0 Å². The van der Waals surface area contributed by atoms with E-state index in [0.29, 0.717) is 0 Å². The molecule has 1 aromatic rings. The first-order valence-electron chi connectivity index (χ1n) is 6.15. The van der Waals surface area contributed by atoms with Crippen LogP contribution in [0.25, 0.3) is 0 Å². The summed E-state index contributed by atoms with van der Waals surface area (Å²) in [6.45, 7) is 5.78. The van der Waals surface area contributed by atoms with E-state index in [1.807, 2.05) is 28.8 Å². The highest BCUT2D eigenvalue weighted by Gasteiger charge is 2.30. The van der Waals surface area contributed by atoms with Gasteiger partial charge in [0.2, 0.25) is 0 Å². The minimum absolute atomic E-state index is 0.0930. The van der Waals surface area contributed by atoms with Gasteiger partial charge in [-0.05, 0) is 26.0 Å². The van der Waals surface area contributed by atoms with Crippen molar-refractivity contribution in [1.29, 1.82) is 0 Å². The topological polar surface area (TPSA) is 40.5 Å². The molecule has 0 saturated carbocycles. The molecule has 1 aromatic heterocycles. The van der Waals surface area contributed by atoms with Crippen molar-refractivity contribution in [2.75, 3.05) is 25.4 Å². The molecule has 3 nitrogen and oxygen atoms in total. The molecule has 1 aliphatic heterocycles. The third-order valence-corrected chi connectivity index (χ3v) is 5.11. The van der Waals surface area contributed by atoms with E-state index in [2.05, 4.69) is 25.7 Å². The van der Waals surface area contributed by atoms with Gasteiger partial charge >= 0.3 is 0 Å². The Morgan fingerprint density at radius 2 is 2.32 bits per heavy atom. The van der Waals surface area contributed by atoms with Crippen molar-refractivity contribution < 1.29 is 9.90 Å². The highest BCUT2D eigenvalue weighted by Crippen LogP contribution is 2.30. The summed E-state index contributed by atoms with van der Waals surface area (Å²) in [6, 6.07) is 3.66. The number of hydrogen-bond acceptors (Lipinski definition) is 4. The van der Waals surface area contributed by atoms with E-state index >= 15 is 0 Å². The standard InChI is InChI=1S/C14H17NO2S2/c1-14(2)10-15(7-9-18-14)13(17)12-6-5-11(19-12)4-3-8-16/h5-6,16H,7-10H2,1-2H3. The second-order valence-electron chi connectivity index (χ2n) is 4.96. The molecule has 1 amide bonds. The lowest BCUT2D eigenvalue weighted by Crippen LogP contribution is -2.45. The van der Waals surface area contributed by atoms with Crippen LogP contribution >= 0.6 is 23.1 Å². The molecule has 102 valence electrons. The minimum Gasteiger partial charge on any atom is -0.384 e. The largest absolute Gasteiger partial charge is 0.384 e. The first-order chi connectivity index (χ1) is 9.02. The molecule has 1 aliphatic rings. The fourth-order valence-electron chi connectivity index (χ4n) is 1.99. The van der Waals surface area contributed by atoms with E-state index in [1.165, 1.54) is 11.3 Å². The number of carbonyl (C=O) groups is 1. The number of aliphatic hydroxyl groups excluding tert-OH is 1. The summed E-state index contributed by atoms with van der Waals surface area (Å²) in [5.74, 6) is 6.51. The van der Waals surface area contributed by atoms with Crippen molar-refractivity contribution in [3.8, 4) is 11.8 Å². The first kappa shape index (κ1) is 14.4. The molecule has 0 unspecified atom stereocenters. The third kappa shape index (κ3) is 3.75. The van der Waals surface area contributed by atoms with Gasteiger partial charge < -0.3 is 10.0 Å². The SMILES string of the molecule is CC1(C)CN(C(=O)c2ccc(C#CCO)s2)CCS1. The fourth-order valence-corrected chi connectivity index (χ4v) is 3.95. The maximum absolute atomic E-state index is 12.4. The van der Waals surface area contributed by atoms with E-state index in [-0.39, 0.29) is 17.3 Å². The molecule has 0 aliphatic carbocycles. The van der Waals surface area contributed by atoms with Gasteiger partial charge in [0, 0.05) is 23.6 Å². The number of nitrogens with zero attached hydrogens (tertiary/aromatic N) is 1. The molecule has 19 heavy (non-hydrogen) atoms. The molecule has 0 radical (unpaired) electrons. The Morgan fingerprint density at radius 3 is 3.00 bits per heavy atom. The maximum Gasteiger partial charge on any atom is 0.264 e. The van der Waals surface area contributed by atoms with Crippen LogP contribution < -0.4 is 0 Å². The Morgan fingerprint density at radius 1 is 1.53 bits per heavy atom. The van der Waals surface area contributed by atoms with Gasteiger partial charge in [-0.25, -0.2) is 0 Å². The summed E-state index contributed by atoms with van der Waals surface area (Å²) in [4.78, 5) is 15.9. The number of thioether (sulfide) groups is 1. The van der Waals surface area contributed by atoms with Crippen LogP contribution in [0.1, 0.15) is 28.4 Å². The Bertz CT molecular complexity index is 525. The van der Waals surface area contributed by atoms with Crippen LogP contribution in [-0.4, -0.2) is 46.1 Å². The van der Waals surface area contributed by atoms with Crippen molar-refractivity contribution in [3.05, 3.63) is 21.9 Å². The first-order valence-corrected chi connectivity index (χ1v) is 7.95. The Kier molecular flexibility index (Phi) is 4.56. The molecule has 1 saturated heterocycles. The molecular weight excluding hydrogens is 278 g/mol. The second kappa shape index (κ2) is 6.00. The van der Waals surface area contributed by atoms with Crippen molar-refractivity contribution in [1.82, 2.24) is 4.90 Å². The second-order valence-corrected chi connectivity index (χ2v) is 7.84. The van der Waals surface area contributed by atoms with Crippen LogP contribution in [0.2, 0.25) is 0 Å². The van der Waals surface area contributed by atoms with Gasteiger partial charge in [-0.15, -0.1) is 11.3 Å². The summed E-state index contributed by atoms with van der Waals surface area (Å²) < 4.78 is 0.130. The summed E-state index contributed by atoms with van der Waals surface area (Å²) in [6.07, 6.45) is 0. The lowest BCUT2D eigenvalue weighted by atomic mass is 10.2. The van der Waals surface area contributed by atoms with E-state index in [4.69, 9.17) is 5.11 Å². The normalized spacial score (nSPS) is 17.7. The lowest BCUT2D eigenvalue weighted by Gasteiger charge is -2.37. The number of carbonyl (C=O) groups excluding carboxylic acids is 1. The van der Waals surface area contributed by atoms with E-state index in [0.717, 1.165) is 28.6 Å². The van der Waals surface area contributed by atoms with Crippen molar-refractivity contribution >= 4 is 29.0 Å². The van der Waals surface area contributed by atoms with Gasteiger partial charge in [0.1, 0.15) is 6.61 Å². The maximum atomic E-state index is 12.4. The fraction of sp³-hybridized carbons (Fsp3) is 0.500. The van der Waals surface area contributed by atoms with Gasteiger partial charge in [0.05, 0.1) is 9.75 Å². The van der Waals surface area contributed by atoms with Gasteiger partial charge in [0.25, 0.3) is 5.91 Å². The number of aliphatic hydroxyl groups is 1. The Hall–Kier alpha value is -0.960. The minimum atomic E-state index is -0.154. The molecule has 0 spiro atoms. The molecule has 0 aromatic carbocycles. The molecule has 2 rings (SSSR count). The molecule has 2 heterocycles. The van der Waals surface area contributed by atoms with Crippen molar-refractivity contribution in [2.45, 2.75) is 18.6 Å². The van der Waals surface area contributed by atoms with Gasteiger partial charge in [-0.3, -0.25) is 4.79 Å². The van der Waals surface area contributed by atoms with Crippen molar-refractivity contribution in [3.63, 3.8) is 0 Å². The summed E-state index contributed by atoms with van der Waals surface area (Å²) >= 11 is 3.30. The van der Waals surface area contributed by atoms with Crippen LogP contribution in [-0.2, 0) is 0 Å². The molecular formula is C14H17NO2S2. The zero-order valence-corrected chi connectivity index (χ0v) is 12.7. The summed E-state index contributed by atoms with van der Waals surface area (Å²) in [5, 5.41) is 8.66. The molecule has 5 heteroatoms. The van der Waals surface area contributed by atoms with E-state index in [1.54, 1.807) is 0 Å². The smallest absolute Gasteiger partial charge is 0.264 e. The quantitative estimate of drug-likeness (QED) is 0.806. The van der Waals surface area contributed by atoms with Crippen LogP contribution in [0.3, 0.4) is 0 Å².